The van der Waals surface area contributed by atoms with Gasteiger partial charge in [-0.05, 0) is 54.7 Å². The summed E-state index contributed by atoms with van der Waals surface area (Å²) in [5.74, 6) is 1.37. The zero-order valence-electron chi connectivity index (χ0n) is 11.8. The van der Waals surface area contributed by atoms with E-state index in [9.17, 15) is 0 Å². The molecule has 1 heterocycles. The highest BCUT2D eigenvalue weighted by molar-refractivity contribution is 7.12. The van der Waals surface area contributed by atoms with E-state index in [1.807, 2.05) is 23.5 Å². The van der Waals surface area contributed by atoms with Crippen molar-refractivity contribution in [3.63, 3.8) is 0 Å². The Hall–Kier alpha value is -0.990. The maximum Gasteiger partial charge on any atom is 0.119 e. The zero-order valence-corrected chi connectivity index (χ0v) is 13.4. The Labute approximate surface area is 124 Å². The smallest absolute Gasteiger partial charge is 0.119 e. The predicted octanol–water partition coefficient (Wildman–Crippen LogP) is 5.34. The number of rotatable bonds is 4. The van der Waals surface area contributed by atoms with Crippen molar-refractivity contribution in [2.45, 2.75) is 33.1 Å². The predicted molar refractivity (Wildman–Crippen MR) is 84.7 cm³/mol. The Balaban J connectivity index is 2.64. The molecule has 1 nitrogen and oxygen atoms in total. The number of alkyl halides is 1. The summed E-state index contributed by atoms with van der Waals surface area (Å²) in [5.41, 5.74) is 5.12. The Bertz CT molecular complexity index is 587. The first kappa shape index (κ1) is 14.4. The van der Waals surface area contributed by atoms with Gasteiger partial charge in [-0.25, -0.2) is 0 Å². The molecule has 0 fully saturated rings. The molecule has 0 bridgehead atoms. The lowest BCUT2D eigenvalue weighted by atomic mass is 9.96. The van der Waals surface area contributed by atoms with Crippen molar-refractivity contribution in [1.29, 1.82) is 0 Å². The van der Waals surface area contributed by atoms with E-state index in [0.29, 0.717) is 5.88 Å². The van der Waals surface area contributed by atoms with Crippen LogP contribution in [0.2, 0.25) is 0 Å². The maximum atomic E-state index is 6.11. The molecular weight excluding hydrogens is 276 g/mol. The molecule has 2 rings (SSSR count). The first-order valence-corrected chi connectivity index (χ1v) is 7.79. The number of hydrogen-bond donors (Lipinski definition) is 0. The van der Waals surface area contributed by atoms with Crippen LogP contribution in [-0.2, 0) is 12.3 Å². The van der Waals surface area contributed by atoms with Gasteiger partial charge in [-0.3, -0.25) is 0 Å². The second-order valence-corrected chi connectivity index (χ2v) is 6.17. The standard InChI is InChI=1S/C16H19ClOS/c1-5-15-16(10(2)11(3)19-15)14-7-6-13(18-4)8-12(14)9-17/h6-8H,5,9H2,1-4H3. The van der Waals surface area contributed by atoms with Gasteiger partial charge < -0.3 is 4.74 Å². The second-order valence-electron chi connectivity index (χ2n) is 4.59. The molecule has 0 spiro atoms. The van der Waals surface area contributed by atoms with Crippen LogP contribution in [0.1, 0.15) is 27.8 Å². The second kappa shape index (κ2) is 5.98. The summed E-state index contributed by atoms with van der Waals surface area (Å²) in [5, 5.41) is 0. The normalized spacial score (nSPS) is 10.8. The van der Waals surface area contributed by atoms with E-state index in [4.69, 9.17) is 16.3 Å². The summed E-state index contributed by atoms with van der Waals surface area (Å²) >= 11 is 8.00. The van der Waals surface area contributed by atoms with Crippen LogP contribution in [-0.4, -0.2) is 7.11 Å². The Kier molecular flexibility index (Phi) is 4.54. The molecule has 0 saturated carbocycles. The van der Waals surface area contributed by atoms with Crippen molar-refractivity contribution in [1.82, 2.24) is 0 Å². The number of benzene rings is 1. The van der Waals surface area contributed by atoms with Crippen LogP contribution in [0.3, 0.4) is 0 Å². The SMILES string of the molecule is CCc1sc(C)c(C)c1-c1ccc(OC)cc1CCl. The molecule has 0 unspecified atom stereocenters. The third-order valence-corrected chi connectivity index (χ3v) is 5.14. The van der Waals surface area contributed by atoms with Gasteiger partial charge in [0.1, 0.15) is 5.75 Å². The summed E-state index contributed by atoms with van der Waals surface area (Å²) < 4.78 is 5.28. The third-order valence-electron chi connectivity index (χ3n) is 3.51. The molecule has 0 aliphatic rings. The monoisotopic (exact) mass is 294 g/mol. The number of halogens is 1. The summed E-state index contributed by atoms with van der Waals surface area (Å²) in [6.07, 6.45) is 1.06. The first-order chi connectivity index (χ1) is 9.12. The highest BCUT2D eigenvalue weighted by Crippen LogP contribution is 2.39. The quantitative estimate of drug-likeness (QED) is 0.691. The average molecular weight is 295 g/mol. The fourth-order valence-electron chi connectivity index (χ4n) is 2.35. The van der Waals surface area contributed by atoms with Crippen LogP contribution in [0.4, 0.5) is 0 Å². The fourth-order valence-corrected chi connectivity index (χ4v) is 3.71. The van der Waals surface area contributed by atoms with Gasteiger partial charge >= 0.3 is 0 Å². The highest BCUT2D eigenvalue weighted by Gasteiger charge is 2.16. The number of methoxy groups -OCH3 is 1. The fraction of sp³-hybridized carbons (Fsp3) is 0.375. The van der Waals surface area contributed by atoms with Crippen LogP contribution in [0.25, 0.3) is 11.1 Å². The molecule has 1 aromatic carbocycles. The topological polar surface area (TPSA) is 9.23 Å². The molecule has 0 aliphatic heterocycles. The van der Waals surface area contributed by atoms with E-state index >= 15 is 0 Å². The van der Waals surface area contributed by atoms with Crippen molar-refractivity contribution in [3.05, 3.63) is 39.1 Å². The lowest BCUT2D eigenvalue weighted by Gasteiger charge is -2.11. The van der Waals surface area contributed by atoms with Crippen LogP contribution in [0, 0.1) is 13.8 Å². The van der Waals surface area contributed by atoms with Crippen molar-refractivity contribution in [2.75, 3.05) is 7.11 Å². The van der Waals surface area contributed by atoms with E-state index in [2.05, 4.69) is 26.8 Å². The summed E-state index contributed by atoms with van der Waals surface area (Å²) in [4.78, 5) is 2.83. The Morgan fingerprint density at radius 2 is 2.00 bits per heavy atom. The molecule has 0 N–H and O–H groups in total. The molecular formula is C16H19ClOS. The van der Waals surface area contributed by atoms with Gasteiger partial charge in [0, 0.05) is 15.6 Å². The zero-order chi connectivity index (χ0) is 14.0. The van der Waals surface area contributed by atoms with Crippen molar-refractivity contribution < 1.29 is 4.74 Å². The number of ether oxygens (including phenoxy) is 1. The van der Waals surface area contributed by atoms with Gasteiger partial charge in [-0.1, -0.05) is 13.0 Å². The maximum absolute atomic E-state index is 6.11. The van der Waals surface area contributed by atoms with E-state index in [1.165, 1.54) is 26.4 Å². The Morgan fingerprint density at radius 3 is 2.58 bits per heavy atom. The summed E-state index contributed by atoms with van der Waals surface area (Å²) in [6.45, 7) is 6.59. The molecule has 3 heteroatoms. The highest BCUT2D eigenvalue weighted by atomic mass is 35.5. The van der Waals surface area contributed by atoms with Gasteiger partial charge in [0.15, 0.2) is 0 Å². The number of hydrogen-bond acceptors (Lipinski definition) is 2. The van der Waals surface area contributed by atoms with E-state index in [0.717, 1.165) is 17.7 Å². The van der Waals surface area contributed by atoms with Crippen molar-refractivity contribution in [2.24, 2.45) is 0 Å². The van der Waals surface area contributed by atoms with E-state index in [1.54, 1.807) is 7.11 Å². The van der Waals surface area contributed by atoms with E-state index < -0.39 is 0 Å². The molecule has 1 aromatic heterocycles. The van der Waals surface area contributed by atoms with Gasteiger partial charge in [0.05, 0.1) is 7.11 Å². The summed E-state index contributed by atoms with van der Waals surface area (Å²) in [6, 6.07) is 6.18. The van der Waals surface area contributed by atoms with Crippen LogP contribution >= 0.6 is 22.9 Å². The molecule has 0 aliphatic carbocycles. The molecule has 0 atom stereocenters. The van der Waals surface area contributed by atoms with Crippen LogP contribution in [0.5, 0.6) is 5.75 Å². The molecule has 2 aromatic rings. The van der Waals surface area contributed by atoms with Crippen molar-refractivity contribution >= 4 is 22.9 Å². The van der Waals surface area contributed by atoms with Gasteiger partial charge in [-0.15, -0.1) is 22.9 Å². The summed E-state index contributed by atoms with van der Waals surface area (Å²) in [7, 11) is 1.68. The number of aryl methyl sites for hydroxylation is 2. The molecule has 0 amide bonds. The molecule has 19 heavy (non-hydrogen) atoms. The third kappa shape index (κ3) is 2.65. The van der Waals surface area contributed by atoms with Crippen molar-refractivity contribution in [3.8, 4) is 16.9 Å². The number of thiophene rings is 1. The van der Waals surface area contributed by atoms with Gasteiger partial charge in [0.25, 0.3) is 0 Å². The van der Waals surface area contributed by atoms with Gasteiger partial charge in [0.2, 0.25) is 0 Å². The van der Waals surface area contributed by atoms with Crippen LogP contribution in [0.15, 0.2) is 18.2 Å². The van der Waals surface area contributed by atoms with Crippen LogP contribution < -0.4 is 4.74 Å². The van der Waals surface area contributed by atoms with E-state index in [-0.39, 0.29) is 0 Å². The molecule has 0 radical (unpaired) electrons. The minimum atomic E-state index is 0.504. The lowest BCUT2D eigenvalue weighted by Crippen LogP contribution is -1.92. The van der Waals surface area contributed by atoms with Gasteiger partial charge in [-0.2, -0.15) is 0 Å². The Morgan fingerprint density at radius 1 is 1.26 bits per heavy atom. The molecule has 0 saturated heterocycles. The first-order valence-electron chi connectivity index (χ1n) is 6.44. The lowest BCUT2D eigenvalue weighted by molar-refractivity contribution is 0.414. The average Bonchev–Trinajstić information content (AvgIpc) is 2.73. The molecule has 102 valence electrons. The minimum absolute atomic E-state index is 0.504. The minimum Gasteiger partial charge on any atom is -0.497 e. The largest absolute Gasteiger partial charge is 0.497 e.